The molecule has 2 aromatic heterocycles. The van der Waals surface area contributed by atoms with Crippen molar-refractivity contribution in [1.29, 1.82) is 0 Å². The van der Waals surface area contributed by atoms with Crippen molar-refractivity contribution in [2.24, 2.45) is 0 Å². The van der Waals surface area contributed by atoms with Gasteiger partial charge in [0.15, 0.2) is 0 Å². The summed E-state index contributed by atoms with van der Waals surface area (Å²) < 4.78 is 0. The molecular formula is C20H21N5O. The maximum atomic E-state index is 12.9. The van der Waals surface area contributed by atoms with Crippen LogP contribution in [-0.2, 0) is 13.0 Å². The molecule has 2 amide bonds. The fourth-order valence-electron chi connectivity index (χ4n) is 3.35. The highest BCUT2D eigenvalue weighted by Crippen LogP contribution is 2.33. The summed E-state index contributed by atoms with van der Waals surface area (Å²) in [7, 11) is 0. The van der Waals surface area contributed by atoms with Crippen molar-refractivity contribution in [3.63, 3.8) is 0 Å². The van der Waals surface area contributed by atoms with E-state index in [0.717, 1.165) is 34.6 Å². The normalized spacial score (nSPS) is 16.2. The zero-order valence-corrected chi connectivity index (χ0v) is 14.6. The molecule has 0 radical (unpaired) electrons. The van der Waals surface area contributed by atoms with Crippen LogP contribution in [0.4, 0.5) is 4.79 Å². The van der Waals surface area contributed by atoms with Gasteiger partial charge < -0.3 is 15.2 Å². The number of nitrogens with zero attached hydrogens (tertiary/aromatic N) is 3. The molecule has 1 aliphatic rings. The van der Waals surface area contributed by atoms with E-state index in [4.69, 9.17) is 0 Å². The van der Waals surface area contributed by atoms with Gasteiger partial charge in [0, 0.05) is 37.1 Å². The maximum Gasteiger partial charge on any atom is 0.318 e. The molecule has 6 heteroatoms. The molecule has 3 aromatic rings. The van der Waals surface area contributed by atoms with E-state index < -0.39 is 0 Å². The average Bonchev–Trinajstić information content (AvgIpc) is 3.16. The Balaban J connectivity index is 1.56. The number of nitrogens with one attached hydrogen (secondary N) is 2. The van der Waals surface area contributed by atoms with Gasteiger partial charge in [0.25, 0.3) is 0 Å². The number of hydrogen-bond acceptors (Lipinski definition) is 3. The van der Waals surface area contributed by atoms with E-state index in [0.29, 0.717) is 13.1 Å². The van der Waals surface area contributed by atoms with Crippen LogP contribution in [0, 0.1) is 6.92 Å². The number of urea groups is 1. The number of aromatic amines is 1. The quantitative estimate of drug-likeness (QED) is 0.765. The molecule has 6 nitrogen and oxygen atoms in total. The molecule has 0 bridgehead atoms. The summed E-state index contributed by atoms with van der Waals surface area (Å²) >= 11 is 0. The number of H-pyrrole nitrogens is 1. The van der Waals surface area contributed by atoms with Gasteiger partial charge >= 0.3 is 6.03 Å². The number of imidazole rings is 1. The van der Waals surface area contributed by atoms with Crippen LogP contribution in [-0.4, -0.2) is 32.4 Å². The molecule has 1 aromatic carbocycles. The van der Waals surface area contributed by atoms with Gasteiger partial charge in [-0.05, 0) is 24.1 Å². The number of carbonyl (C=O) groups is 1. The molecule has 0 saturated heterocycles. The lowest BCUT2D eigenvalue weighted by molar-refractivity contribution is 0.178. The van der Waals surface area contributed by atoms with Crippen molar-refractivity contribution >= 4 is 6.03 Å². The van der Waals surface area contributed by atoms with Crippen molar-refractivity contribution in [3.05, 3.63) is 83.2 Å². The van der Waals surface area contributed by atoms with E-state index >= 15 is 0 Å². The zero-order chi connectivity index (χ0) is 17.9. The third kappa shape index (κ3) is 3.18. The molecular weight excluding hydrogens is 326 g/mol. The van der Waals surface area contributed by atoms with Crippen molar-refractivity contribution in [2.75, 3.05) is 6.54 Å². The SMILES string of the molecule is Cc1ccc(CNC(=O)N2CCc3[nH]cnc3C2c2ccccc2)cn1. The summed E-state index contributed by atoms with van der Waals surface area (Å²) in [5.74, 6) is 0. The Morgan fingerprint density at radius 1 is 1.23 bits per heavy atom. The van der Waals surface area contributed by atoms with Gasteiger partial charge in [-0.25, -0.2) is 9.78 Å². The van der Waals surface area contributed by atoms with E-state index in [1.165, 1.54) is 0 Å². The van der Waals surface area contributed by atoms with Gasteiger partial charge in [0.1, 0.15) is 6.04 Å². The lowest BCUT2D eigenvalue weighted by Gasteiger charge is -2.35. The minimum atomic E-state index is -0.178. The van der Waals surface area contributed by atoms with E-state index in [9.17, 15) is 4.79 Å². The van der Waals surface area contributed by atoms with Gasteiger partial charge in [-0.3, -0.25) is 4.98 Å². The number of fused-ring (bicyclic) bond motifs is 1. The number of aryl methyl sites for hydroxylation is 1. The number of aromatic nitrogens is 3. The maximum absolute atomic E-state index is 12.9. The number of amides is 2. The summed E-state index contributed by atoms with van der Waals surface area (Å²) in [6.45, 7) is 3.05. The zero-order valence-electron chi connectivity index (χ0n) is 14.6. The Hall–Kier alpha value is -3.15. The van der Waals surface area contributed by atoms with E-state index in [1.54, 1.807) is 12.5 Å². The van der Waals surface area contributed by atoms with Crippen molar-refractivity contribution in [3.8, 4) is 0 Å². The number of pyridine rings is 1. The highest BCUT2D eigenvalue weighted by atomic mass is 16.2. The summed E-state index contributed by atoms with van der Waals surface area (Å²) in [5.41, 5.74) is 5.04. The summed E-state index contributed by atoms with van der Waals surface area (Å²) in [6.07, 6.45) is 4.28. The molecule has 1 aliphatic heterocycles. The fraction of sp³-hybridized carbons (Fsp3) is 0.250. The van der Waals surface area contributed by atoms with Crippen molar-refractivity contribution in [2.45, 2.75) is 25.9 Å². The topological polar surface area (TPSA) is 73.9 Å². The monoisotopic (exact) mass is 347 g/mol. The molecule has 0 saturated carbocycles. The molecule has 132 valence electrons. The molecule has 0 spiro atoms. The number of rotatable bonds is 3. The molecule has 26 heavy (non-hydrogen) atoms. The van der Waals surface area contributed by atoms with E-state index in [2.05, 4.69) is 20.3 Å². The van der Waals surface area contributed by atoms with E-state index in [1.807, 2.05) is 54.3 Å². The highest BCUT2D eigenvalue weighted by Gasteiger charge is 2.33. The average molecular weight is 347 g/mol. The second-order valence-electron chi connectivity index (χ2n) is 6.49. The second kappa shape index (κ2) is 7.00. The van der Waals surface area contributed by atoms with Crippen LogP contribution in [0.1, 0.15) is 34.3 Å². The first kappa shape index (κ1) is 16.3. The Kier molecular flexibility index (Phi) is 4.39. The van der Waals surface area contributed by atoms with Gasteiger partial charge in [0.05, 0.1) is 12.0 Å². The van der Waals surface area contributed by atoms with Gasteiger partial charge in [0.2, 0.25) is 0 Å². The van der Waals surface area contributed by atoms with Gasteiger partial charge in [-0.1, -0.05) is 36.4 Å². The fourth-order valence-corrected chi connectivity index (χ4v) is 3.35. The molecule has 4 rings (SSSR count). The molecule has 1 unspecified atom stereocenters. The second-order valence-corrected chi connectivity index (χ2v) is 6.49. The number of benzene rings is 1. The summed E-state index contributed by atoms with van der Waals surface area (Å²) in [5, 5.41) is 3.02. The van der Waals surface area contributed by atoms with Crippen LogP contribution < -0.4 is 5.32 Å². The van der Waals surface area contributed by atoms with E-state index in [-0.39, 0.29) is 12.1 Å². The first-order valence-electron chi connectivity index (χ1n) is 8.75. The van der Waals surface area contributed by atoms with Crippen LogP contribution in [0.15, 0.2) is 55.0 Å². The minimum absolute atomic E-state index is 0.0897. The Morgan fingerprint density at radius 2 is 2.08 bits per heavy atom. The molecule has 1 atom stereocenters. The summed E-state index contributed by atoms with van der Waals surface area (Å²) in [4.78, 5) is 26.7. The smallest absolute Gasteiger partial charge is 0.318 e. The minimum Gasteiger partial charge on any atom is -0.348 e. The van der Waals surface area contributed by atoms with Crippen LogP contribution in [0.2, 0.25) is 0 Å². The van der Waals surface area contributed by atoms with Crippen molar-refractivity contribution in [1.82, 2.24) is 25.2 Å². The summed E-state index contributed by atoms with van der Waals surface area (Å²) in [6, 6.07) is 13.7. The van der Waals surface area contributed by atoms with Crippen LogP contribution >= 0.6 is 0 Å². The van der Waals surface area contributed by atoms with Crippen LogP contribution in [0.5, 0.6) is 0 Å². The molecule has 2 N–H and O–H groups in total. The Bertz CT molecular complexity index is 888. The lowest BCUT2D eigenvalue weighted by Crippen LogP contribution is -2.45. The third-order valence-corrected chi connectivity index (χ3v) is 4.72. The Morgan fingerprint density at radius 3 is 2.85 bits per heavy atom. The highest BCUT2D eigenvalue weighted by molar-refractivity contribution is 5.75. The molecule has 0 aliphatic carbocycles. The van der Waals surface area contributed by atoms with Gasteiger partial charge in [-0.2, -0.15) is 0 Å². The molecule has 3 heterocycles. The first-order valence-corrected chi connectivity index (χ1v) is 8.75. The first-order chi connectivity index (χ1) is 12.7. The van der Waals surface area contributed by atoms with Crippen LogP contribution in [0.25, 0.3) is 0 Å². The molecule has 0 fully saturated rings. The third-order valence-electron chi connectivity index (χ3n) is 4.72. The Labute approximate surface area is 152 Å². The number of carbonyl (C=O) groups excluding carboxylic acids is 1. The predicted octanol–water partition coefficient (Wildman–Crippen LogP) is 2.97. The van der Waals surface area contributed by atoms with Crippen molar-refractivity contribution < 1.29 is 4.79 Å². The van der Waals surface area contributed by atoms with Gasteiger partial charge in [-0.15, -0.1) is 0 Å². The predicted molar refractivity (Wildman–Crippen MR) is 98.5 cm³/mol. The lowest BCUT2D eigenvalue weighted by atomic mass is 9.96. The standard InChI is InChI=1S/C20H21N5O/c1-14-7-8-15(11-21-14)12-22-20(26)25-10-9-17-18(24-13-23-17)19(25)16-5-3-2-4-6-16/h2-8,11,13,19H,9-10,12H2,1H3,(H,22,26)(H,23,24). The van der Waals surface area contributed by atoms with Crippen LogP contribution in [0.3, 0.4) is 0 Å². The largest absolute Gasteiger partial charge is 0.348 e. The number of hydrogen-bond donors (Lipinski definition) is 2.